The van der Waals surface area contributed by atoms with Gasteiger partial charge in [0, 0.05) is 51.2 Å². The van der Waals surface area contributed by atoms with Crippen LogP contribution in [0.5, 0.6) is 0 Å². The number of nitrogens with zero attached hydrogens (tertiary/aromatic N) is 4. The summed E-state index contributed by atoms with van der Waals surface area (Å²) in [5.41, 5.74) is 8.12. The van der Waals surface area contributed by atoms with Gasteiger partial charge in [-0.2, -0.15) is 5.10 Å². The molecule has 2 aromatic heterocycles. The lowest BCUT2D eigenvalue weighted by atomic mass is 10.0. The Morgan fingerprint density at radius 2 is 2.14 bits per heavy atom. The molecule has 0 radical (unpaired) electrons. The minimum atomic E-state index is -0.253. The third-order valence-corrected chi connectivity index (χ3v) is 5.50. The second-order valence-corrected chi connectivity index (χ2v) is 7.43. The number of rotatable bonds is 5. The summed E-state index contributed by atoms with van der Waals surface area (Å²) < 4.78 is 1.32. The summed E-state index contributed by atoms with van der Waals surface area (Å²) >= 11 is 0. The van der Waals surface area contributed by atoms with E-state index in [-0.39, 0.29) is 23.6 Å². The number of aryl methyl sites for hydroxylation is 1. The second kappa shape index (κ2) is 8.07. The highest BCUT2D eigenvalue weighted by Crippen LogP contribution is 2.23. The van der Waals surface area contributed by atoms with E-state index in [2.05, 4.69) is 31.2 Å². The third-order valence-electron chi connectivity index (χ3n) is 5.50. The smallest absolute Gasteiger partial charge is 0.268 e. The molecular weight excluding hydrogens is 358 g/mol. The third kappa shape index (κ3) is 4.05. The monoisotopic (exact) mass is 383 g/mol. The predicted molar refractivity (Wildman–Crippen MR) is 104 cm³/mol. The van der Waals surface area contributed by atoms with Crippen LogP contribution in [0.1, 0.15) is 24.4 Å². The van der Waals surface area contributed by atoms with Gasteiger partial charge in [0.1, 0.15) is 6.04 Å². The molecule has 3 atom stereocenters. The fraction of sp³-hybridized carbons (Fsp3) is 0.474. The first-order chi connectivity index (χ1) is 13.6. The van der Waals surface area contributed by atoms with E-state index in [1.165, 1.54) is 4.68 Å². The average molecular weight is 383 g/mol. The zero-order valence-electron chi connectivity index (χ0n) is 15.8. The molecule has 28 heavy (non-hydrogen) atoms. The van der Waals surface area contributed by atoms with Crippen LogP contribution in [0.25, 0.3) is 0 Å². The first kappa shape index (κ1) is 18.6. The second-order valence-electron chi connectivity index (χ2n) is 7.43. The fourth-order valence-electron chi connectivity index (χ4n) is 3.78. The summed E-state index contributed by atoms with van der Waals surface area (Å²) in [6.45, 7) is 2.31. The van der Waals surface area contributed by atoms with Crippen molar-refractivity contribution in [2.24, 2.45) is 13.0 Å². The van der Waals surface area contributed by atoms with Gasteiger partial charge in [0.15, 0.2) is 0 Å². The highest BCUT2D eigenvalue weighted by atomic mass is 16.2. The number of anilines is 1. The first-order valence-electron chi connectivity index (χ1n) is 9.57. The van der Waals surface area contributed by atoms with E-state index >= 15 is 0 Å². The van der Waals surface area contributed by atoms with E-state index < -0.39 is 0 Å². The van der Waals surface area contributed by atoms with Crippen molar-refractivity contribution in [3.63, 3.8) is 0 Å². The molecule has 9 nitrogen and oxygen atoms in total. The number of hydrogen-bond acceptors (Lipinski definition) is 7. The van der Waals surface area contributed by atoms with Gasteiger partial charge < -0.3 is 10.2 Å². The van der Waals surface area contributed by atoms with E-state index in [0.29, 0.717) is 18.9 Å². The van der Waals surface area contributed by atoms with Crippen LogP contribution < -0.4 is 26.6 Å². The Morgan fingerprint density at radius 1 is 1.32 bits per heavy atom. The van der Waals surface area contributed by atoms with Gasteiger partial charge in [-0.1, -0.05) is 0 Å². The number of hydrogen-bond donors (Lipinski definition) is 3. The number of carbonyl (C=O) groups is 1. The van der Waals surface area contributed by atoms with Gasteiger partial charge in [-0.25, -0.2) is 15.5 Å². The molecule has 2 fully saturated rings. The van der Waals surface area contributed by atoms with Crippen LogP contribution >= 0.6 is 0 Å². The molecule has 0 spiro atoms. The van der Waals surface area contributed by atoms with Gasteiger partial charge in [-0.05, 0) is 36.5 Å². The largest absolute Gasteiger partial charge is 0.370 e. The number of carbonyl (C=O) groups excluding carboxylic acids is 1. The lowest BCUT2D eigenvalue weighted by molar-refractivity contribution is -0.123. The quantitative estimate of drug-likeness (QED) is 0.653. The van der Waals surface area contributed by atoms with E-state index in [0.717, 1.165) is 30.8 Å². The average Bonchev–Trinajstić information content (AvgIpc) is 3.39. The Hall–Kier alpha value is -2.78. The molecule has 4 heterocycles. The maximum atomic E-state index is 12.5. The Morgan fingerprint density at radius 3 is 2.93 bits per heavy atom. The van der Waals surface area contributed by atoms with Gasteiger partial charge in [-0.3, -0.25) is 14.6 Å². The highest BCUT2D eigenvalue weighted by Gasteiger charge is 2.31. The SMILES string of the molecule is Cn1ncc(N2CCC(CNC(=O)C3CC(c4ccncc4)NN3)C2)cc1=O. The molecule has 0 aromatic carbocycles. The number of pyridine rings is 1. The highest BCUT2D eigenvalue weighted by molar-refractivity contribution is 5.82. The maximum Gasteiger partial charge on any atom is 0.268 e. The maximum absolute atomic E-state index is 12.5. The fourth-order valence-corrected chi connectivity index (χ4v) is 3.78. The molecule has 0 saturated carbocycles. The molecule has 148 valence electrons. The van der Waals surface area contributed by atoms with Gasteiger partial charge in [0.05, 0.1) is 11.9 Å². The van der Waals surface area contributed by atoms with Crippen molar-refractivity contribution >= 4 is 11.6 Å². The van der Waals surface area contributed by atoms with E-state index in [9.17, 15) is 9.59 Å². The van der Waals surface area contributed by atoms with Crippen molar-refractivity contribution in [1.82, 2.24) is 30.9 Å². The Kier molecular flexibility index (Phi) is 5.36. The van der Waals surface area contributed by atoms with Crippen LogP contribution in [0.3, 0.4) is 0 Å². The number of nitrogens with one attached hydrogen (secondary N) is 3. The Balaban J connectivity index is 1.25. The summed E-state index contributed by atoms with van der Waals surface area (Å²) in [6, 6.07) is 5.38. The Labute approximate surface area is 163 Å². The van der Waals surface area contributed by atoms with Crippen molar-refractivity contribution in [3.8, 4) is 0 Å². The zero-order valence-corrected chi connectivity index (χ0v) is 15.8. The minimum absolute atomic E-state index is 0.0118. The lowest BCUT2D eigenvalue weighted by Gasteiger charge is -2.19. The molecule has 3 unspecified atom stereocenters. The van der Waals surface area contributed by atoms with Gasteiger partial charge in [-0.15, -0.1) is 0 Å². The molecule has 4 rings (SSSR count). The normalized spacial score (nSPS) is 24.5. The van der Waals surface area contributed by atoms with Crippen LogP contribution in [-0.4, -0.2) is 46.3 Å². The molecule has 2 saturated heterocycles. The van der Waals surface area contributed by atoms with Crippen LogP contribution in [0.4, 0.5) is 5.69 Å². The van der Waals surface area contributed by atoms with Crippen molar-refractivity contribution < 1.29 is 4.79 Å². The summed E-state index contributed by atoms with van der Waals surface area (Å²) in [7, 11) is 1.64. The van der Waals surface area contributed by atoms with Crippen LogP contribution in [0, 0.1) is 5.92 Å². The molecular formula is C19H25N7O2. The van der Waals surface area contributed by atoms with Crippen LogP contribution in [-0.2, 0) is 11.8 Å². The number of amides is 1. The molecule has 0 aliphatic carbocycles. The molecule has 0 bridgehead atoms. The predicted octanol–water partition coefficient (Wildman–Crippen LogP) is -0.274. The van der Waals surface area contributed by atoms with Crippen molar-refractivity contribution in [3.05, 3.63) is 52.7 Å². The van der Waals surface area contributed by atoms with Crippen molar-refractivity contribution in [2.75, 3.05) is 24.5 Å². The number of hydrazine groups is 1. The molecule has 1 amide bonds. The summed E-state index contributed by atoms with van der Waals surface area (Å²) in [5.74, 6) is 0.371. The van der Waals surface area contributed by atoms with Crippen molar-refractivity contribution in [1.29, 1.82) is 0 Å². The zero-order chi connectivity index (χ0) is 19.5. The van der Waals surface area contributed by atoms with Crippen LogP contribution in [0.2, 0.25) is 0 Å². The summed E-state index contributed by atoms with van der Waals surface area (Å²) in [5, 5.41) is 7.15. The van der Waals surface area contributed by atoms with E-state index in [4.69, 9.17) is 0 Å². The van der Waals surface area contributed by atoms with E-state index in [1.54, 1.807) is 31.7 Å². The molecule has 2 aliphatic heterocycles. The lowest BCUT2D eigenvalue weighted by Crippen LogP contribution is -2.44. The van der Waals surface area contributed by atoms with Gasteiger partial charge in [0.25, 0.3) is 5.56 Å². The molecule has 9 heteroatoms. The minimum Gasteiger partial charge on any atom is -0.370 e. The molecule has 3 N–H and O–H groups in total. The summed E-state index contributed by atoms with van der Waals surface area (Å²) in [4.78, 5) is 30.5. The number of aromatic nitrogens is 3. The standard InChI is InChI=1S/C19H25N7O2/c1-25-18(27)8-15(11-22-25)26-7-4-13(12-26)10-21-19(28)17-9-16(23-24-17)14-2-5-20-6-3-14/h2-3,5-6,8,11,13,16-17,23-24H,4,7,9-10,12H2,1H3,(H,21,28). The molecule has 2 aromatic rings. The topological polar surface area (TPSA) is 104 Å². The van der Waals surface area contributed by atoms with Crippen molar-refractivity contribution in [2.45, 2.75) is 24.9 Å². The van der Waals surface area contributed by atoms with Gasteiger partial charge in [0.2, 0.25) is 5.91 Å². The van der Waals surface area contributed by atoms with E-state index in [1.807, 2.05) is 12.1 Å². The van der Waals surface area contributed by atoms with Gasteiger partial charge >= 0.3 is 0 Å². The first-order valence-corrected chi connectivity index (χ1v) is 9.57. The summed E-state index contributed by atoms with van der Waals surface area (Å²) in [6.07, 6.45) is 6.91. The Bertz CT molecular complexity index is 885. The van der Waals surface area contributed by atoms with Crippen LogP contribution in [0.15, 0.2) is 41.6 Å². The molecule has 2 aliphatic rings.